The first-order valence-electron chi connectivity index (χ1n) is 4.55. The number of esters is 1. The van der Waals surface area contributed by atoms with Crippen LogP contribution >= 0.6 is 0 Å². The Hall–Kier alpha value is -1.50. The smallest absolute Gasteiger partial charge is 0.354 e. The number of hydrogen-bond donors (Lipinski definition) is 1. The SMILES string of the molecule is COC(=O)c1cc(N)cn1CCS(C)(=O)=O. The third kappa shape index (κ3) is 3.27. The minimum absolute atomic E-state index is 0.0505. The molecular formula is C9H14N2O4S. The Labute approximate surface area is 93.9 Å². The number of anilines is 1. The largest absolute Gasteiger partial charge is 0.464 e. The van der Waals surface area contributed by atoms with E-state index in [0.29, 0.717) is 5.69 Å². The van der Waals surface area contributed by atoms with Crippen LogP contribution in [0.4, 0.5) is 5.69 Å². The van der Waals surface area contributed by atoms with Crippen molar-refractivity contribution < 1.29 is 17.9 Å². The molecule has 0 bridgehead atoms. The van der Waals surface area contributed by atoms with Gasteiger partial charge in [-0.15, -0.1) is 0 Å². The van der Waals surface area contributed by atoms with Crippen LogP contribution in [0.1, 0.15) is 10.5 Å². The van der Waals surface area contributed by atoms with Crippen LogP contribution < -0.4 is 5.73 Å². The van der Waals surface area contributed by atoms with E-state index < -0.39 is 15.8 Å². The van der Waals surface area contributed by atoms with Crippen LogP contribution in [0, 0.1) is 0 Å². The van der Waals surface area contributed by atoms with E-state index in [9.17, 15) is 13.2 Å². The van der Waals surface area contributed by atoms with Crippen molar-refractivity contribution in [3.05, 3.63) is 18.0 Å². The molecule has 1 heterocycles. The molecule has 7 heteroatoms. The molecule has 0 aliphatic heterocycles. The molecule has 0 fully saturated rings. The van der Waals surface area contributed by atoms with E-state index in [2.05, 4.69) is 4.74 Å². The summed E-state index contributed by atoms with van der Waals surface area (Å²) >= 11 is 0. The third-order valence-corrected chi connectivity index (χ3v) is 2.94. The average Bonchev–Trinajstić information content (AvgIpc) is 2.54. The average molecular weight is 246 g/mol. The number of nitrogens with zero attached hydrogens (tertiary/aromatic N) is 1. The lowest BCUT2D eigenvalue weighted by Gasteiger charge is -2.06. The minimum Gasteiger partial charge on any atom is -0.464 e. The zero-order chi connectivity index (χ0) is 12.3. The molecule has 0 atom stereocenters. The van der Waals surface area contributed by atoms with Gasteiger partial charge in [0.1, 0.15) is 15.5 Å². The molecule has 0 aromatic carbocycles. The number of rotatable bonds is 4. The molecular weight excluding hydrogens is 232 g/mol. The molecule has 1 aromatic rings. The zero-order valence-corrected chi connectivity index (χ0v) is 9.95. The van der Waals surface area contributed by atoms with E-state index in [4.69, 9.17) is 5.73 Å². The van der Waals surface area contributed by atoms with Gasteiger partial charge in [0.05, 0.1) is 18.6 Å². The van der Waals surface area contributed by atoms with E-state index in [1.165, 1.54) is 23.9 Å². The van der Waals surface area contributed by atoms with E-state index in [-0.39, 0.29) is 18.0 Å². The highest BCUT2D eigenvalue weighted by molar-refractivity contribution is 7.90. The summed E-state index contributed by atoms with van der Waals surface area (Å²) in [7, 11) is -1.82. The monoisotopic (exact) mass is 246 g/mol. The van der Waals surface area contributed by atoms with Gasteiger partial charge < -0.3 is 15.0 Å². The Balaban J connectivity index is 2.91. The number of carbonyl (C=O) groups is 1. The van der Waals surface area contributed by atoms with Crippen molar-refractivity contribution in [1.82, 2.24) is 4.57 Å². The van der Waals surface area contributed by atoms with Gasteiger partial charge in [0.25, 0.3) is 0 Å². The molecule has 6 nitrogen and oxygen atoms in total. The second kappa shape index (κ2) is 4.56. The van der Waals surface area contributed by atoms with Gasteiger partial charge in [-0.2, -0.15) is 0 Å². The third-order valence-electron chi connectivity index (χ3n) is 2.02. The Morgan fingerprint density at radius 2 is 2.19 bits per heavy atom. The summed E-state index contributed by atoms with van der Waals surface area (Å²) in [6.07, 6.45) is 2.65. The van der Waals surface area contributed by atoms with Crippen LogP contribution in [-0.4, -0.2) is 38.1 Å². The van der Waals surface area contributed by atoms with Crippen molar-refractivity contribution in [2.24, 2.45) is 0 Å². The highest BCUT2D eigenvalue weighted by atomic mass is 32.2. The van der Waals surface area contributed by atoms with E-state index in [0.717, 1.165) is 6.26 Å². The summed E-state index contributed by atoms with van der Waals surface area (Å²) in [6.45, 7) is 0.181. The molecule has 0 aliphatic rings. The number of aryl methyl sites for hydroxylation is 1. The van der Waals surface area contributed by atoms with Crippen LogP contribution in [0.2, 0.25) is 0 Å². The maximum atomic E-state index is 11.3. The normalized spacial score (nSPS) is 11.4. The summed E-state index contributed by atoms with van der Waals surface area (Å²) in [5.41, 5.74) is 6.18. The first-order valence-corrected chi connectivity index (χ1v) is 6.61. The second-order valence-corrected chi connectivity index (χ2v) is 5.73. The molecule has 90 valence electrons. The standard InChI is InChI=1S/C9H14N2O4S/c1-15-9(12)8-5-7(10)6-11(8)3-4-16(2,13)14/h5-6H,3-4,10H2,1-2H3. The molecule has 2 N–H and O–H groups in total. The number of aromatic nitrogens is 1. The Bertz CT molecular complexity index is 490. The number of ether oxygens (including phenoxy) is 1. The van der Waals surface area contributed by atoms with Crippen molar-refractivity contribution in [2.45, 2.75) is 6.54 Å². The molecule has 0 radical (unpaired) electrons. The lowest BCUT2D eigenvalue weighted by atomic mass is 10.4. The summed E-state index contributed by atoms with van der Waals surface area (Å²) < 4.78 is 28.0. The summed E-state index contributed by atoms with van der Waals surface area (Å²) in [4.78, 5) is 11.3. The van der Waals surface area contributed by atoms with E-state index >= 15 is 0 Å². The summed E-state index contributed by atoms with van der Waals surface area (Å²) in [5, 5.41) is 0. The van der Waals surface area contributed by atoms with Gasteiger partial charge in [0, 0.05) is 19.0 Å². The van der Waals surface area contributed by atoms with E-state index in [1.807, 2.05) is 0 Å². The van der Waals surface area contributed by atoms with Gasteiger partial charge in [-0.05, 0) is 6.07 Å². The predicted molar refractivity (Wildman–Crippen MR) is 59.9 cm³/mol. The number of nitrogen functional groups attached to an aromatic ring is 1. The van der Waals surface area contributed by atoms with Crippen molar-refractivity contribution in [3.63, 3.8) is 0 Å². The van der Waals surface area contributed by atoms with Crippen LogP contribution in [0.25, 0.3) is 0 Å². The van der Waals surface area contributed by atoms with Gasteiger partial charge in [0.15, 0.2) is 0 Å². The van der Waals surface area contributed by atoms with Crippen molar-refractivity contribution in [3.8, 4) is 0 Å². The summed E-state index contributed by atoms with van der Waals surface area (Å²) in [6, 6.07) is 1.45. The van der Waals surface area contributed by atoms with E-state index in [1.54, 1.807) is 0 Å². The Kier molecular flexibility index (Phi) is 3.58. The second-order valence-electron chi connectivity index (χ2n) is 3.47. The van der Waals surface area contributed by atoms with Crippen molar-refractivity contribution >= 4 is 21.5 Å². The lowest BCUT2D eigenvalue weighted by molar-refractivity contribution is 0.0588. The number of nitrogens with two attached hydrogens (primary N) is 1. The fourth-order valence-corrected chi connectivity index (χ4v) is 1.79. The Morgan fingerprint density at radius 1 is 1.56 bits per heavy atom. The highest BCUT2D eigenvalue weighted by Gasteiger charge is 2.14. The molecule has 0 saturated carbocycles. The van der Waals surface area contributed by atoms with Gasteiger partial charge >= 0.3 is 5.97 Å². The molecule has 0 saturated heterocycles. The summed E-state index contributed by atoms with van der Waals surface area (Å²) in [5.74, 6) is -0.587. The van der Waals surface area contributed by atoms with Crippen LogP contribution in [-0.2, 0) is 21.1 Å². The molecule has 1 aromatic heterocycles. The maximum Gasteiger partial charge on any atom is 0.354 e. The molecule has 0 amide bonds. The Morgan fingerprint density at radius 3 is 2.69 bits per heavy atom. The van der Waals surface area contributed by atoms with Gasteiger partial charge in [0.2, 0.25) is 0 Å². The van der Waals surface area contributed by atoms with Crippen molar-refractivity contribution in [1.29, 1.82) is 0 Å². The zero-order valence-electron chi connectivity index (χ0n) is 9.13. The van der Waals surface area contributed by atoms with Gasteiger partial charge in [-0.25, -0.2) is 13.2 Å². The molecule has 0 aliphatic carbocycles. The molecule has 0 spiro atoms. The number of sulfone groups is 1. The minimum atomic E-state index is -3.08. The van der Waals surface area contributed by atoms with Crippen molar-refractivity contribution in [2.75, 3.05) is 24.9 Å². The molecule has 16 heavy (non-hydrogen) atoms. The van der Waals surface area contributed by atoms with Crippen LogP contribution in [0.15, 0.2) is 12.3 Å². The van der Waals surface area contributed by atoms with Crippen LogP contribution in [0.5, 0.6) is 0 Å². The number of carbonyl (C=O) groups excluding carboxylic acids is 1. The fourth-order valence-electron chi connectivity index (χ4n) is 1.26. The first kappa shape index (κ1) is 12.6. The predicted octanol–water partition coefficient (Wildman–Crippen LogP) is -0.0985. The fraction of sp³-hybridized carbons (Fsp3) is 0.444. The lowest BCUT2D eigenvalue weighted by Crippen LogP contribution is -2.15. The number of methoxy groups -OCH3 is 1. The molecule has 0 unspecified atom stereocenters. The van der Waals surface area contributed by atoms with Gasteiger partial charge in [-0.3, -0.25) is 0 Å². The first-order chi connectivity index (χ1) is 7.33. The maximum absolute atomic E-state index is 11.3. The van der Waals surface area contributed by atoms with Gasteiger partial charge in [-0.1, -0.05) is 0 Å². The molecule has 1 rings (SSSR count). The van der Waals surface area contributed by atoms with Crippen LogP contribution in [0.3, 0.4) is 0 Å². The topological polar surface area (TPSA) is 91.4 Å². The quantitative estimate of drug-likeness (QED) is 0.749. The highest BCUT2D eigenvalue weighted by Crippen LogP contribution is 2.11. The number of hydrogen-bond acceptors (Lipinski definition) is 5.